The van der Waals surface area contributed by atoms with Crippen molar-refractivity contribution in [3.05, 3.63) is 17.7 Å². The largest absolute Gasteiger partial charge is 0.504 e. The minimum absolute atomic E-state index is 0.0275. The van der Waals surface area contributed by atoms with E-state index in [0.29, 0.717) is 18.4 Å². The van der Waals surface area contributed by atoms with Gasteiger partial charge in [0.25, 0.3) is 0 Å². The molecule has 1 atom stereocenters. The Morgan fingerprint density at radius 2 is 1.85 bits per heavy atom. The van der Waals surface area contributed by atoms with Crippen molar-refractivity contribution in [2.45, 2.75) is 38.1 Å². The molecule has 0 aliphatic carbocycles. The van der Waals surface area contributed by atoms with E-state index in [-0.39, 0.29) is 6.42 Å². The van der Waals surface area contributed by atoms with E-state index in [1.165, 1.54) is 12.1 Å². The Hall–Kier alpha value is -1.99. The summed E-state index contributed by atoms with van der Waals surface area (Å²) in [5.74, 6) is 2.64. The lowest BCUT2D eigenvalue weighted by molar-refractivity contribution is -0.145. The molecule has 0 spiro atoms. The molecule has 0 radical (unpaired) electrons. The maximum Gasteiger partial charge on any atom is 0.325 e. The zero-order valence-corrected chi connectivity index (χ0v) is 11.3. The number of hydrazine groups is 1. The number of phenols is 3. The van der Waals surface area contributed by atoms with Crippen LogP contribution >= 0.6 is 0 Å². The molecule has 0 aliphatic heterocycles. The summed E-state index contributed by atoms with van der Waals surface area (Å²) in [6.45, 7) is 1.93. The molecule has 0 heterocycles. The van der Waals surface area contributed by atoms with Crippen LogP contribution in [-0.4, -0.2) is 31.9 Å². The first-order valence-electron chi connectivity index (χ1n) is 6.31. The van der Waals surface area contributed by atoms with Crippen LogP contribution < -0.4 is 11.3 Å². The number of nitrogens with two attached hydrogens (primary N) is 1. The standard InChI is InChI=1S/C13H20N2O5/c1-2-3-4-13(15-14,12(19)20)7-8-5-9(16)11(18)10(17)6-8/h5-6,15-18H,2-4,7,14H2,1H3,(H,19,20). The highest BCUT2D eigenvalue weighted by molar-refractivity contribution is 5.79. The molecule has 0 amide bonds. The molecule has 1 aromatic carbocycles. The van der Waals surface area contributed by atoms with E-state index in [4.69, 9.17) is 5.84 Å². The molecule has 7 heteroatoms. The number of aromatic hydroxyl groups is 3. The highest BCUT2D eigenvalue weighted by atomic mass is 16.4. The van der Waals surface area contributed by atoms with Crippen LogP contribution in [0.4, 0.5) is 0 Å². The fraction of sp³-hybridized carbons (Fsp3) is 0.462. The zero-order chi connectivity index (χ0) is 15.3. The second-order valence-corrected chi connectivity index (χ2v) is 4.79. The lowest BCUT2D eigenvalue weighted by atomic mass is 9.86. The summed E-state index contributed by atoms with van der Waals surface area (Å²) in [6.07, 6.45) is 1.74. The number of hydrogen-bond acceptors (Lipinski definition) is 6. The van der Waals surface area contributed by atoms with Crippen molar-refractivity contribution in [3.8, 4) is 17.2 Å². The molecule has 0 aliphatic rings. The van der Waals surface area contributed by atoms with Gasteiger partial charge in [-0.25, -0.2) is 5.43 Å². The number of rotatable bonds is 7. The third-order valence-corrected chi connectivity index (χ3v) is 3.28. The Kier molecular flexibility index (Phi) is 5.18. The Morgan fingerprint density at radius 1 is 1.30 bits per heavy atom. The summed E-state index contributed by atoms with van der Waals surface area (Å²) in [4.78, 5) is 11.5. The fourth-order valence-corrected chi connectivity index (χ4v) is 2.05. The van der Waals surface area contributed by atoms with Crippen molar-refractivity contribution in [1.29, 1.82) is 0 Å². The van der Waals surface area contributed by atoms with E-state index >= 15 is 0 Å². The Bertz CT molecular complexity index is 469. The van der Waals surface area contributed by atoms with Crippen LogP contribution in [-0.2, 0) is 11.2 Å². The van der Waals surface area contributed by atoms with Gasteiger partial charge in [0.15, 0.2) is 17.2 Å². The van der Waals surface area contributed by atoms with E-state index in [0.717, 1.165) is 6.42 Å². The van der Waals surface area contributed by atoms with Crippen LogP contribution in [0.2, 0.25) is 0 Å². The number of carbonyl (C=O) groups is 1. The van der Waals surface area contributed by atoms with Gasteiger partial charge >= 0.3 is 5.97 Å². The lowest BCUT2D eigenvalue weighted by Gasteiger charge is -2.28. The van der Waals surface area contributed by atoms with Crippen LogP contribution in [0.25, 0.3) is 0 Å². The van der Waals surface area contributed by atoms with Crippen LogP contribution in [0, 0.1) is 0 Å². The van der Waals surface area contributed by atoms with Gasteiger partial charge in [0.05, 0.1) is 0 Å². The number of phenolic OH excluding ortho intramolecular Hbond substituents is 3. The first-order valence-corrected chi connectivity index (χ1v) is 6.31. The quantitative estimate of drug-likeness (QED) is 0.248. The molecule has 0 bridgehead atoms. The van der Waals surface area contributed by atoms with E-state index in [1.54, 1.807) is 0 Å². The second kappa shape index (κ2) is 6.44. The van der Waals surface area contributed by atoms with E-state index < -0.39 is 28.8 Å². The number of benzene rings is 1. The average Bonchev–Trinajstić information content (AvgIpc) is 2.40. The Morgan fingerprint density at radius 3 is 2.25 bits per heavy atom. The van der Waals surface area contributed by atoms with Crippen LogP contribution in [0.3, 0.4) is 0 Å². The number of carboxylic acid groups (broad SMARTS) is 1. The van der Waals surface area contributed by atoms with Crippen LogP contribution in [0.15, 0.2) is 12.1 Å². The van der Waals surface area contributed by atoms with Gasteiger partial charge in [-0.1, -0.05) is 19.8 Å². The fourth-order valence-electron chi connectivity index (χ4n) is 2.05. The first kappa shape index (κ1) is 16.1. The minimum Gasteiger partial charge on any atom is -0.504 e. The minimum atomic E-state index is -1.38. The number of unbranched alkanes of at least 4 members (excludes halogenated alkanes) is 1. The molecule has 1 aromatic rings. The summed E-state index contributed by atoms with van der Waals surface area (Å²) in [5.41, 5.74) is 1.30. The average molecular weight is 284 g/mol. The maximum atomic E-state index is 11.5. The highest BCUT2D eigenvalue weighted by Crippen LogP contribution is 2.36. The van der Waals surface area contributed by atoms with E-state index in [9.17, 15) is 25.2 Å². The van der Waals surface area contributed by atoms with Crippen molar-refractivity contribution in [3.63, 3.8) is 0 Å². The van der Waals surface area contributed by atoms with E-state index in [1.807, 2.05) is 6.92 Å². The van der Waals surface area contributed by atoms with Crippen molar-refractivity contribution in [1.82, 2.24) is 5.43 Å². The molecule has 0 fully saturated rings. The van der Waals surface area contributed by atoms with Gasteiger partial charge in [-0.15, -0.1) is 0 Å². The molecule has 0 aromatic heterocycles. The summed E-state index contributed by atoms with van der Waals surface area (Å²) < 4.78 is 0. The van der Waals surface area contributed by atoms with Crippen molar-refractivity contribution in [2.75, 3.05) is 0 Å². The van der Waals surface area contributed by atoms with Gasteiger partial charge in [-0.3, -0.25) is 10.6 Å². The zero-order valence-electron chi connectivity index (χ0n) is 11.3. The molecule has 0 saturated heterocycles. The molecule has 1 unspecified atom stereocenters. The summed E-state index contributed by atoms with van der Waals surface area (Å²) >= 11 is 0. The van der Waals surface area contributed by atoms with Crippen LogP contribution in [0.5, 0.6) is 17.2 Å². The van der Waals surface area contributed by atoms with Crippen molar-refractivity contribution >= 4 is 5.97 Å². The molecule has 0 saturated carbocycles. The van der Waals surface area contributed by atoms with Gasteiger partial charge in [0, 0.05) is 6.42 Å². The van der Waals surface area contributed by atoms with Crippen molar-refractivity contribution in [2.24, 2.45) is 5.84 Å². The van der Waals surface area contributed by atoms with Crippen LogP contribution in [0.1, 0.15) is 31.7 Å². The predicted molar refractivity (Wildman–Crippen MR) is 72.4 cm³/mol. The molecule has 7 nitrogen and oxygen atoms in total. The van der Waals surface area contributed by atoms with Crippen molar-refractivity contribution < 1.29 is 25.2 Å². The smallest absolute Gasteiger partial charge is 0.325 e. The molecule has 7 N–H and O–H groups in total. The third-order valence-electron chi connectivity index (χ3n) is 3.28. The topological polar surface area (TPSA) is 136 Å². The first-order chi connectivity index (χ1) is 9.36. The van der Waals surface area contributed by atoms with Gasteiger partial charge in [0.2, 0.25) is 0 Å². The highest BCUT2D eigenvalue weighted by Gasteiger charge is 2.37. The van der Waals surface area contributed by atoms with Gasteiger partial charge < -0.3 is 20.4 Å². The van der Waals surface area contributed by atoms with Gasteiger partial charge in [-0.05, 0) is 24.1 Å². The monoisotopic (exact) mass is 284 g/mol. The SMILES string of the molecule is CCCCC(Cc1cc(O)c(O)c(O)c1)(NN)C(=O)O. The molecule has 112 valence electrons. The normalized spacial score (nSPS) is 13.9. The van der Waals surface area contributed by atoms with Gasteiger partial charge in [0.1, 0.15) is 5.54 Å². The molecular formula is C13H20N2O5. The number of nitrogens with one attached hydrogen (secondary N) is 1. The summed E-state index contributed by atoms with van der Waals surface area (Å²) in [6, 6.07) is 2.41. The van der Waals surface area contributed by atoms with E-state index in [2.05, 4.69) is 5.43 Å². The maximum absolute atomic E-state index is 11.5. The summed E-state index contributed by atoms with van der Waals surface area (Å²) in [5, 5.41) is 37.6. The van der Waals surface area contributed by atoms with Gasteiger partial charge in [-0.2, -0.15) is 0 Å². The number of hydrogen-bond donors (Lipinski definition) is 6. The Labute approximate surface area is 116 Å². The molecular weight excluding hydrogens is 264 g/mol. The summed E-state index contributed by atoms with van der Waals surface area (Å²) in [7, 11) is 0. The molecule has 1 rings (SSSR count). The number of carboxylic acids is 1. The predicted octanol–water partition coefficient (Wildman–Crippen LogP) is 0.823. The Balaban J connectivity index is 3.09. The molecule has 20 heavy (non-hydrogen) atoms. The third kappa shape index (κ3) is 3.31. The number of aliphatic carboxylic acids is 1. The second-order valence-electron chi connectivity index (χ2n) is 4.79. The lowest BCUT2D eigenvalue weighted by Crippen LogP contribution is -2.57.